The van der Waals surface area contributed by atoms with Crippen molar-refractivity contribution in [2.24, 2.45) is 0 Å². The number of halogens is 3. The van der Waals surface area contributed by atoms with Crippen LogP contribution >= 0.6 is 0 Å². The van der Waals surface area contributed by atoms with E-state index in [-0.39, 0.29) is 18.2 Å². The van der Waals surface area contributed by atoms with Crippen LogP contribution in [0.5, 0.6) is 0 Å². The highest BCUT2D eigenvalue weighted by atomic mass is 19.4. The highest BCUT2D eigenvalue weighted by molar-refractivity contribution is 5.98. The average molecular weight is 517 g/mol. The normalized spacial score (nSPS) is 24.1. The molecule has 0 atom stereocenters. The Hall–Kier alpha value is -3.29. The molecule has 2 fully saturated rings. The van der Waals surface area contributed by atoms with Crippen molar-refractivity contribution in [3.8, 4) is 0 Å². The predicted molar refractivity (Wildman–Crippen MR) is 133 cm³/mol. The van der Waals surface area contributed by atoms with Crippen LogP contribution in [-0.2, 0) is 15.2 Å². The van der Waals surface area contributed by atoms with E-state index in [2.05, 4.69) is 27.0 Å². The van der Waals surface area contributed by atoms with Crippen molar-refractivity contribution in [3.63, 3.8) is 0 Å². The fourth-order valence-corrected chi connectivity index (χ4v) is 4.95. The Morgan fingerprint density at radius 3 is 2.41 bits per heavy atom. The minimum atomic E-state index is -4.59. The van der Waals surface area contributed by atoms with Gasteiger partial charge in [0.15, 0.2) is 0 Å². The van der Waals surface area contributed by atoms with Gasteiger partial charge < -0.3 is 20.6 Å². The van der Waals surface area contributed by atoms with Gasteiger partial charge in [-0.1, -0.05) is 23.6 Å². The first-order valence-electron chi connectivity index (χ1n) is 12.3. The van der Waals surface area contributed by atoms with Crippen LogP contribution in [0.2, 0.25) is 0 Å². The molecule has 37 heavy (non-hydrogen) atoms. The van der Waals surface area contributed by atoms with E-state index in [4.69, 9.17) is 0 Å². The number of likely N-dealkylation sites (tertiary alicyclic amines) is 1. The third kappa shape index (κ3) is 6.35. The lowest BCUT2D eigenvalue weighted by molar-refractivity contribution is -0.126. The van der Waals surface area contributed by atoms with Gasteiger partial charge in [0, 0.05) is 45.0 Å². The zero-order valence-electron chi connectivity index (χ0n) is 20.9. The molecule has 0 aromatic heterocycles. The van der Waals surface area contributed by atoms with Crippen molar-refractivity contribution in [1.82, 2.24) is 15.5 Å². The van der Waals surface area contributed by atoms with Crippen LogP contribution < -0.4 is 15.5 Å². The number of allylic oxidation sites excluding steroid dienone is 2. The molecule has 4 rings (SSSR count). The summed E-state index contributed by atoms with van der Waals surface area (Å²) in [5.41, 5.74) is 4.38. The average Bonchev–Trinajstić information content (AvgIpc) is 2.85. The molecule has 0 radical (unpaired) electrons. The lowest BCUT2D eigenvalue weighted by Gasteiger charge is -2.48. The monoisotopic (exact) mass is 516 g/mol. The number of amides is 2. The number of carbonyl (C=O) groups excluding carboxylic acids is 2. The molecule has 1 saturated carbocycles. The van der Waals surface area contributed by atoms with Crippen molar-refractivity contribution in [2.75, 3.05) is 38.6 Å². The Morgan fingerprint density at radius 1 is 1.16 bits per heavy atom. The molecule has 3 aliphatic rings. The zero-order chi connectivity index (χ0) is 26.8. The number of hydrogen-bond donors (Lipinski definition) is 3. The zero-order valence-corrected chi connectivity index (χ0v) is 20.9. The number of anilines is 1. The first-order valence-corrected chi connectivity index (χ1v) is 12.3. The molecular weight excluding hydrogens is 485 g/mol. The number of nitrogens with one attached hydrogen (secondary N) is 2. The van der Waals surface area contributed by atoms with Gasteiger partial charge in [-0.25, -0.2) is 0 Å². The van der Waals surface area contributed by atoms with Crippen LogP contribution in [0.15, 0.2) is 59.0 Å². The predicted octanol–water partition coefficient (Wildman–Crippen LogP) is 2.54. The highest BCUT2D eigenvalue weighted by Crippen LogP contribution is 2.40. The number of nitrogens with zero attached hydrogens (tertiary/aromatic N) is 2. The molecule has 1 aromatic carbocycles. The molecule has 2 amide bonds. The molecule has 0 unspecified atom stereocenters. The van der Waals surface area contributed by atoms with Gasteiger partial charge in [-0.05, 0) is 49.5 Å². The van der Waals surface area contributed by atoms with Crippen molar-refractivity contribution < 1.29 is 27.9 Å². The maximum absolute atomic E-state index is 12.8. The molecule has 1 heterocycles. The van der Waals surface area contributed by atoms with Gasteiger partial charge in [0.25, 0.3) is 5.91 Å². The lowest BCUT2D eigenvalue weighted by Crippen LogP contribution is -2.63. The molecule has 0 bridgehead atoms. The number of carbonyl (C=O) groups is 2. The van der Waals surface area contributed by atoms with Gasteiger partial charge in [0.1, 0.15) is 0 Å². The maximum atomic E-state index is 12.8. The number of alkyl halides is 3. The van der Waals surface area contributed by atoms with E-state index >= 15 is 0 Å². The van der Waals surface area contributed by atoms with E-state index in [0.29, 0.717) is 44.1 Å². The standard InChI is InChI=1S/C27H31F3N4O3/c1-33(2)22-8-6-19(7-9-22)26(37)12-10-23(11-13-26)34-16-21(17-34)32-24(35)15-31-25(36)18-4-3-5-20(14-18)27(28,29)30/h5-9,14,21,23,37H,10-13,15-17H2,1-2H3,(H,31,36)(H,32,35). The Balaban J connectivity index is 1.18. The van der Waals surface area contributed by atoms with Crippen LogP contribution in [0.1, 0.15) is 31.2 Å². The third-order valence-electron chi connectivity index (χ3n) is 7.21. The molecule has 198 valence electrons. The van der Waals surface area contributed by atoms with Crippen molar-refractivity contribution in [2.45, 2.75) is 49.5 Å². The molecule has 0 spiro atoms. The first-order chi connectivity index (χ1) is 17.4. The van der Waals surface area contributed by atoms with E-state index < -0.39 is 29.2 Å². The fraction of sp³-hybridized carbons (Fsp3) is 0.481. The van der Waals surface area contributed by atoms with Crippen LogP contribution in [0.4, 0.5) is 18.9 Å². The Bertz CT molecular complexity index is 1160. The number of benzene rings is 1. The van der Waals surface area contributed by atoms with Crippen LogP contribution in [0.25, 0.3) is 0 Å². The second-order valence-corrected chi connectivity index (χ2v) is 10.0. The lowest BCUT2D eigenvalue weighted by atomic mass is 9.76. The molecule has 2 aliphatic carbocycles. The number of rotatable bonds is 7. The fourth-order valence-electron chi connectivity index (χ4n) is 4.95. The Labute approximate surface area is 214 Å². The van der Waals surface area contributed by atoms with Gasteiger partial charge in [0.2, 0.25) is 5.91 Å². The van der Waals surface area contributed by atoms with E-state index in [0.717, 1.165) is 24.1 Å². The summed E-state index contributed by atoms with van der Waals surface area (Å²) in [5.74, 6) is -1.23. The molecule has 10 heteroatoms. The summed E-state index contributed by atoms with van der Waals surface area (Å²) in [7, 11) is 3.96. The largest absolute Gasteiger partial charge is 0.417 e. The topological polar surface area (TPSA) is 84.9 Å². The Kier molecular flexibility index (Phi) is 7.67. The molecule has 1 saturated heterocycles. The van der Waals surface area contributed by atoms with Gasteiger partial charge >= 0.3 is 6.18 Å². The van der Waals surface area contributed by atoms with Crippen LogP contribution in [0.3, 0.4) is 0 Å². The molecular formula is C27H31F3N4O3. The third-order valence-corrected chi connectivity index (χ3v) is 7.21. The molecule has 1 aliphatic heterocycles. The van der Waals surface area contributed by atoms with E-state index in [1.54, 1.807) is 0 Å². The van der Waals surface area contributed by atoms with Gasteiger partial charge in [-0.15, -0.1) is 0 Å². The quantitative estimate of drug-likeness (QED) is 0.485. The van der Waals surface area contributed by atoms with Crippen molar-refractivity contribution in [1.29, 1.82) is 0 Å². The van der Waals surface area contributed by atoms with Crippen molar-refractivity contribution >= 4 is 17.5 Å². The summed E-state index contributed by atoms with van der Waals surface area (Å²) >= 11 is 0. The van der Waals surface area contributed by atoms with Crippen LogP contribution in [-0.4, -0.2) is 73.8 Å². The van der Waals surface area contributed by atoms with Crippen LogP contribution in [0, 0.1) is 0 Å². The first kappa shape index (κ1) is 26.8. The number of hydrogen-bond acceptors (Lipinski definition) is 5. The summed E-state index contributed by atoms with van der Waals surface area (Å²) in [6, 6.07) is 8.29. The molecule has 3 N–H and O–H groups in total. The number of aliphatic hydroxyl groups is 1. The minimum Gasteiger partial charge on any atom is -0.385 e. The summed E-state index contributed by atoms with van der Waals surface area (Å²) in [6.07, 6.45) is -0.160. The minimum absolute atomic E-state index is 0.0581. The second-order valence-electron chi connectivity index (χ2n) is 10.0. The van der Waals surface area contributed by atoms with Gasteiger partial charge in [0.05, 0.1) is 29.3 Å². The summed E-state index contributed by atoms with van der Waals surface area (Å²) in [5, 5.41) is 16.4. The van der Waals surface area contributed by atoms with E-state index in [9.17, 15) is 27.9 Å². The molecule has 1 aromatic rings. The highest BCUT2D eigenvalue weighted by Gasteiger charge is 2.40. The summed E-state index contributed by atoms with van der Waals surface area (Å²) < 4.78 is 38.4. The van der Waals surface area contributed by atoms with Crippen molar-refractivity contribution in [3.05, 3.63) is 64.6 Å². The van der Waals surface area contributed by atoms with E-state index in [1.807, 2.05) is 43.3 Å². The Morgan fingerprint density at radius 2 is 1.81 bits per heavy atom. The maximum Gasteiger partial charge on any atom is 0.417 e. The second kappa shape index (κ2) is 10.6. The summed E-state index contributed by atoms with van der Waals surface area (Å²) in [4.78, 5) is 28.6. The SMILES string of the molecule is CN(C)c1ccc(C2(O)CCC(N3CC(NC(=O)CNC(=O)C4=C=C=CC(C(F)(F)F)=C4)C3)CC2)cc1. The van der Waals surface area contributed by atoms with E-state index in [1.165, 1.54) is 0 Å². The molecule has 7 nitrogen and oxygen atoms in total. The smallest absolute Gasteiger partial charge is 0.385 e. The van der Waals surface area contributed by atoms with Gasteiger partial charge in [-0.3, -0.25) is 14.5 Å². The summed E-state index contributed by atoms with van der Waals surface area (Å²) in [6.45, 7) is 1.01. The van der Waals surface area contributed by atoms with Gasteiger partial charge in [-0.2, -0.15) is 13.2 Å².